The number of sulfonamides is 1. The minimum Gasteiger partial charge on any atom is -0.478 e. The van der Waals surface area contributed by atoms with Crippen LogP contribution in [-0.2, 0) is 10.0 Å². The first kappa shape index (κ1) is 15.7. The maximum atomic E-state index is 12.6. The maximum Gasteiger partial charge on any atom is 0.337 e. The van der Waals surface area contributed by atoms with E-state index in [1.807, 2.05) is 0 Å². The highest BCUT2D eigenvalue weighted by Gasteiger charge is 2.32. The molecule has 0 aliphatic carbocycles. The molecule has 8 heteroatoms. The smallest absolute Gasteiger partial charge is 0.337 e. The van der Waals surface area contributed by atoms with Crippen molar-refractivity contribution in [3.63, 3.8) is 0 Å². The number of aliphatic hydroxyl groups excluding tert-OH is 1. The summed E-state index contributed by atoms with van der Waals surface area (Å²) in [5.41, 5.74) is 5.40. The van der Waals surface area contributed by atoms with E-state index in [1.54, 1.807) is 0 Å². The van der Waals surface area contributed by atoms with Crippen molar-refractivity contribution in [3.05, 3.63) is 23.8 Å². The summed E-state index contributed by atoms with van der Waals surface area (Å²) in [6, 6.07) is 3.75. The fourth-order valence-electron chi connectivity index (χ4n) is 2.41. The Morgan fingerprint density at radius 3 is 2.48 bits per heavy atom. The number of aliphatic hydroxyl groups is 1. The molecule has 1 heterocycles. The molecule has 0 amide bonds. The fourth-order valence-corrected chi connectivity index (χ4v) is 4.04. The van der Waals surface area contributed by atoms with Crippen molar-refractivity contribution in [3.8, 4) is 0 Å². The molecule has 1 aromatic rings. The van der Waals surface area contributed by atoms with Crippen molar-refractivity contribution in [2.45, 2.75) is 17.7 Å². The number of nitrogens with two attached hydrogens (primary N) is 1. The number of carboxylic acid groups (broad SMARTS) is 1. The van der Waals surface area contributed by atoms with Crippen LogP contribution >= 0.6 is 0 Å². The molecule has 21 heavy (non-hydrogen) atoms. The molecule has 7 nitrogen and oxygen atoms in total. The monoisotopic (exact) mass is 314 g/mol. The van der Waals surface area contributed by atoms with Gasteiger partial charge in [-0.2, -0.15) is 4.31 Å². The summed E-state index contributed by atoms with van der Waals surface area (Å²) >= 11 is 0. The SMILES string of the molecule is Nc1ccc(S(=O)(=O)N2CCC(CO)CC2)c(C(=O)O)c1. The highest BCUT2D eigenvalue weighted by Crippen LogP contribution is 2.26. The Hall–Kier alpha value is -1.64. The molecule has 1 saturated heterocycles. The van der Waals surface area contributed by atoms with Crippen LogP contribution in [0.1, 0.15) is 23.2 Å². The summed E-state index contributed by atoms with van der Waals surface area (Å²) in [7, 11) is -3.87. The molecule has 0 aromatic heterocycles. The van der Waals surface area contributed by atoms with Gasteiger partial charge in [0.15, 0.2) is 0 Å². The largest absolute Gasteiger partial charge is 0.478 e. The second-order valence-electron chi connectivity index (χ2n) is 5.09. The number of anilines is 1. The molecular formula is C13H18N2O5S. The second-order valence-corrected chi connectivity index (χ2v) is 7.00. The fraction of sp³-hybridized carbons (Fsp3) is 0.462. The van der Waals surface area contributed by atoms with E-state index in [-0.39, 0.29) is 41.8 Å². The zero-order chi connectivity index (χ0) is 15.6. The number of hydrogen-bond acceptors (Lipinski definition) is 5. The summed E-state index contributed by atoms with van der Waals surface area (Å²) < 4.78 is 26.4. The predicted octanol–water partition coefficient (Wildman–Crippen LogP) is 0.360. The number of nitrogen functional groups attached to an aromatic ring is 1. The van der Waals surface area contributed by atoms with E-state index in [2.05, 4.69) is 0 Å². The van der Waals surface area contributed by atoms with Gasteiger partial charge in [-0.05, 0) is 37.0 Å². The van der Waals surface area contributed by atoms with Crippen LogP contribution in [0.25, 0.3) is 0 Å². The molecule has 0 bridgehead atoms. The first-order valence-corrected chi connectivity index (χ1v) is 8.04. The number of hydrogen-bond donors (Lipinski definition) is 3. The standard InChI is InChI=1S/C13H18N2O5S/c14-10-1-2-12(11(7-10)13(17)18)21(19,20)15-5-3-9(8-16)4-6-15/h1-2,7,9,16H,3-6,8,14H2,(H,17,18). The van der Waals surface area contributed by atoms with Crippen molar-refractivity contribution in [1.29, 1.82) is 0 Å². The first-order valence-electron chi connectivity index (χ1n) is 6.60. The molecule has 0 unspecified atom stereocenters. The van der Waals surface area contributed by atoms with Crippen molar-refractivity contribution < 1.29 is 23.4 Å². The molecule has 1 aromatic carbocycles. The van der Waals surface area contributed by atoms with Crippen LogP contribution < -0.4 is 5.73 Å². The van der Waals surface area contributed by atoms with E-state index in [1.165, 1.54) is 16.4 Å². The lowest BCUT2D eigenvalue weighted by Crippen LogP contribution is -2.39. The molecular weight excluding hydrogens is 296 g/mol. The van der Waals surface area contributed by atoms with Gasteiger partial charge in [0.1, 0.15) is 0 Å². The van der Waals surface area contributed by atoms with Gasteiger partial charge in [-0.1, -0.05) is 0 Å². The number of carbonyl (C=O) groups is 1. The van der Waals surface area contributed by atoms with Crippen molar-refractivity contribution in [1.82, 2.24) is 4.31 Å². The van der Waals surface area contributed by atoms with Crippen LogP contribution in [-0.4, -0.2) is 48.6 Å². The molecule has 0 atom stereocenters. The number of nitrogens with zero attached hydrogens (tertiary/aromatic N) is 1. The zero-order valence-electron chi connectivity index (χ0n) is 11.4. The number of aromatic carboxylic acids is 1. The van der Waals surface area contributed by atoms with Crippen LogP contribution in [0.2, 0.25) is 0 Å². The molecule has 0 spiro atoms. The Balaban J connectivity index is 2.34. The highest BCUT2D eigenvalue weighted by atomic mass is 32.2. The predicted molar refractivity (Wildman–Crippen MR) is 76.4 cm³/mol. The maximum absolute atomic E-state index is 12.6. The highest BCUT2D eigenvalue weighted by molar-refractivity contribution is 7.89. The summed E-state index contributed by atoms with van der Waals surface area (Å²) in [5, 5.41) is 18.2. The van der Waals surface area contributed by atoms with Gasteiger partial charge in [-0.15, -0.1) is 0 Å². The third-order valence-corrected chi connectivity index (χ3v) is 5.64. The number of rotatable bonds is 4. The van der Waals surface area contributed by atoms with Gasteiger partial charge in [0, 0.05) is 25.4 Å². The first-order chi connectivity index (χ1) is 9.86. The topological polar surface area (TPSA) is 121 Å². The number of piperidine rings is 1. The summed E-state index contributed by atoms with van der Waals surface area (Å²) in [4.78, 5) is 11.0. The Bertz CT molecular complexity index is 636. The van der Waals surface area contributed by atoms with E-state index >= 15 is 0 Å². The van der Waals surface area contributed by atoms with Crippen LogP contribution in [0.15, 0.2) is 23.1 Å². The molecule has 2 rings (SSSR count). The lowest BCUT2D eigenvalue weighted by Gasteiger charge is -2.30. The van der Waals surface area contributed by atoms with Gasteiger partial charge in [0.05, 0.1) is 10.5 Å². The van der Waals surface area contributed by atoms with Gasteiger partial charge in [0.25, 0.3) is 0 Å². The van der Waals surface area contributed by atoms with E-state index in [0.29, 0.717) is 12.8 Å². The van der Waals surface area contributed by atoms with E-state index < -0.39 is 16.0 Å². The quantitative estimate of drug-likeness (QED) is 0.690. The summed E-state index contributed by atoms with van der Waals surface area (Å²) in [6.45, 7) is 0.587. The van der Waals surface area contributed by atoms with E-state index in [4.69, 9.17) is 15.9 Å². The molecule has 1 aliphatic rings. The van der Waals surface area contributed by atoms with Gasteiger partial charge in [-0.25, -0.2) is 13.2 Å². The van der Waals surface area contributed by atoms with Crippen molar-refractivity contribution in [2.75, 3.05) is 25.4 Å². The molecule has 0 saturated carbocycles. The normalized spacial score (nSPS) is 17.8. The van der Waals surface area contributed by atoms with Gasteiger partial charge < -0.3 is 15.9 Å². The Morgan fingerprint density at radius 2 is 1.95 bits per heavy atom. The van der Waals surface area contributed by atoms with Gasteiger partial charge in [0.2, 0.25) is 10.0 Å². The summed E-state index contributed by atoms with van der Waals surface area (Å²) in [6.07, 6.45) is 1.13. The lowest BCUT2D eigenvalue weighted by molar-refractivity contribution is 0.0692. The second kappa shape index (κ2) is 6.00. The average molecular weight is 314 g/mol. The average Bonchev–Trinajstić information content (AvgIpc) is 2.47. The Kier molecular flexibility index (Phi) is 4.50. The Morgan fingerprint density at radius 1 is 1.33 bits per heavy atom. The van der Waals surface area contributed by atoms with Crippen LogP contribution in [0, 0.1) is 5.92 Å². The van der Waals surface area contributed by atoms with E-state index in [9.17, 15) is 13.2 Å². The van der Waals surface area contributed by atoms with Crippen molar-refractivity contribution in [2.24, 2.45) is 5.92 Å². The zero-order valence-corrected chi connectivity index (χ0v) is 12.2. The van der Waals surface area contributed by atoms with E-state index in [0.717, 1.165) is 6.07 Å². The molecule has 1 aliphatic heterocycles. The lowest BCUT2D eigenvalue weighted by atomic mass is 10.00. The van der Waals surface area contributed by atoms with Crippen LogP contribution in [0.5, 0.6) is 0 Å². The van der Waals surface area contributed by atoms with Crippen molar-refractivity contribution >= 4 is 21.7 Å². The molecule has 116 valence electrons. The van der Waals surface area contributed by atoms with Crippen LogP contribution in [0.3, 0.4) is 0 Å². The van der Waals surface area contributed by atoms with Crippen LogP contribution in [0.4, 0.5) is 5.69 Å². The molecule has 0 radical (unpaired) electrons. The van der Waals surface area contributed by atoms with Gasteiger partial charge in [-0.3, -0.25) is 0 Å². The molecule has 4 N–H and O–H groups in total. The molecule has 1 fully saturated rings. The Labute approximate surface area is 123 Å². The number of benzene rings is 1. The third kappa shape index (κ3) is 3.17. The minimum atomic E-state index is -3.87. The van der Waals surface area contributed by atoms with Gasteiger partial charge >= 0.3 is 5.97 Å². The summed E-state index contributed by atoms with van der Waals surface area (Å²) in [5.74, 6) is -1.23. The number of carboxylic acids is 1. The minimum absolute atomic E-state index is 0.0378. The third-order valence-electron chi connectivity index (χ3n) is 3.68.